The fourth-order valence-electron chi connectivity index (χ4n) is 2.81. The molecular formula is C19H24N4O3S. The third-order valence-electron chi connectivity index (χ3n) is 4.33. The number of rotatable bonds is 5. The molecule has 0 aliphatic carbocycles. The number of ether oxygens (including phenoxy) is 1. The number of hydrogen-bond donors (Lipinski definition) is 1. The average Bonchev–Trinajstić information content (AvgIpc) is 3.08. The summed E-state index contributed by atoms with van der Waals surface area (Å²) in [4.78, 5) is 33.3. The largest absolute Gasteiger partial charge is 0.378 e. The van der Waals surface area contributed by atoms with Crippen molar-refractivity contribution in [2.45, 2.75) is 19.9 Å². The summed E-state index contributed by atoms with van der Waals surface area (Å²) in [6, 6.07) is 7.22. The zero-order chi connectivity index (χ0) is 19.2. The van der Waals surface area contributed by atoms with Crippen LogP contribution in [0.25, 0.3) is 0 Å². The molecule has 2 aromatic rings. The summed E-state index contributed by atoms with van der Waals surface area (Å²) in [7, 11) is 1.75. The van der Waals surface area contributed by atoms with Gasteiger partial charge in [0.2, 0.25) is 5.91 Å². The molecule has 8 heteroatoms. The van der Waals surface area contributed by atoms with Crippen molar-refractivity contribution in [3.63, 3.8) is 0 Å². The van der Waals surface area contributed by atoms with Gasteiger partial charge in [-0.1, -0.05) is 12.1 Å². The number of hydrogen-bond acceptors (Lipinski definition) is 5. The fourth-order valence-corrected chi connectivity index (χ4v) is 3.66. The number of urea groups is 1. The maximum Gasteiger partial charge on any atom is 0.321 e. The molecule has 7 nitrogen and oxygen atoms in total. The van der Waals surface area contributed by atoms with Gasteiger partial charge in [0.15, 0.2) is 0 Å². The molecule has 0 saturated carbocycles. The lowest BCUT2D eigenvalue weighted by Gasteiger charge is -2.26. The SMILES string of the molecule is Cc1ncc(CN(C)C(=O)Nc2ccc(CC(=O)N3CCOCC3)cc2)s1. The van der Waals surface area contributed by atoms with Gasteiger partial charge in [0.05, 0.1) is 31.2 Å². The normalized spacial score (nSPS) is 14.1. The molecule has 1 aliphatic rings. The number of aromatic nitrogens is 1. The van der Waals surface area contributed by atoms with Crippen molar-refractivity contribution in [3.8, 4) is 0 Å². The number of anilines is 1. The summed E-state index contributed by atoms with van der Waals surface area (Å²) >= 11 is 1.58. The molecular weight excluding hydrogens is 364 g/mol. The Balaban J connectivity index is 1.50. The van der Waals surface area contributed by atoms with Gasteiger partial charge in [-0.15, -0.1) is 11.3 Å². The molecule has 1 fully saturated rings. The van der Waals surface area contributed by atoms with Crippen LogP contribution in [-0.4, -0.2) is 60.1 Å². The van der Waals surface area contributed by atoms with Gasteiger partial charge >= 0.3 is 6.03 Å². The summed E-state index contributed by atoms with van der Waals surface area (Å²) in [6.07, 6.45) is 2.16. The van der Waals surface area contributed by atoms with Crippen LogP contribution in [0.15, 0.2) is 30.5 Å². The third kappa shape index (κ3) is 5.51. The van der Waals surface area contributed by atoms with Crippen LogP contribution in [0.1, 0.15) is 15.4 Å². The number of nitrogens with zero attached hydrogens (tertiary/aromatic N) is 3. The third-order valence-corrected chi connectivity index (χ3v) is 5.23. The first-order valence-electron chi connectivity index (χ1n) is 8.89. The van der Waals surface area contributed by atoms with E-state index in [0.29, 0.717) is 45.0 Å². The monoisotopic (exact) mass is 388 g/mol. The van der Waals surface area contributed by atoms with E-state index in [2.05, 4.69) is 10.3 Å². The van der Waals surface area contributed by atoms with Crippen LogP contribution in [-0.2, 0) is 22.5 Å². The second-order valence-electron chi connectivity index (χ2n) is 6.50. The van der Waals surface area contributed by atoms with Gasteiger partial charge in [-0.05, 0) is 24.6 Å². The molecule has 144 valence electrons. The van der Waals surface area contributed by atoms with Gasteiger partial charge in [0.1, 0.15) is 0 Å². The highest BCUT2D eigenvalue weighted by molar-refractivity contribution is 7.11. The summed E-state index contributed by atoms with van der Waals surface area (Å²) in [5.74, 6) is 0.106. The first-order valence-corrected chi connectivity index (χ1v) is 9.71. The van der Waals surface area contributed by atoms with Crippen molar-refractivity contribution in [2.75, 3.05) is 38.7 Å². The first-order chi connectivity index (χ1) is 13.0. The molecule has 1 N–H and O–H groups in total. The fraction of sp³-hybridized carbons (Fsp3) is 0.421. The number of carbonyl (C=O) groups excluding carboxylic acids is 2. The Morgan fingerprint density at radius 3 is 2.59 bits per heavy atom. The van der Waals surface area contributed by atoms with Crippen molar-refractivity contribution in [2.24, 2.45) is 0 Å². The van der Waals surface area contributed by atoms with Crippen LogP contribution in [0, 0.1) is 6.92 Å². The maximum atomic E-state index is 12.3. The lowest BCUT2D eigenvalue weighted by Crippen LogP contribution is -2.41. The molecule has 0 atom stereocenters. The molecule has 1 aromatic heterocycles. The zero-order valence-electron chi connectivity index (χ0n) is 15.6. The molecule has 0 spiro atoms. The summed E-state index contributed by atoms with van der Waals surface area (Å²) < 4.78 is 5.27. The van der Waals surface area contributed by atoms with Crippen LogP contribution in [0.2, 0.25) is 0 Å². The van der Waals surface area contributed by atoms with E-state index in [1.54, 1.807) is 29.5 Å². The minimum atomic E-state index is -0.182. The molecule has 0 bridgehead atoms. The number of nitrogens with one attached hydrogen (secondary N) is 1. The van der Waals surface area contributed by atoms with Gasteiger partial charge < -0.3 is 19.9 Å². The van der Waals surface area contributed by atoms with Crippen LogP contribution < -0.4 is 5.32 Å². The molecule has 1 aromatic carbocycles. The van der Waals surface area contributed by atoms with E-state index in [1.807, 2.05) is 36.1 Å². The standard InChI is InChI=1S/C19H24N4O3S/c1-14-20-12-17(27-14)13-22(2)19(25)21-16-5-3-15(4-6-16)11-18(24)23-7-9-26-10-8-23/h3-6,12H,7-11,13H2,1-2H3,(H,21,25). The van der Waals surface area contributed by atoms with Crippen LogP contribution in [0.5, 0.6) is 0 Å². The lowest BCUT2D eigenvalue weighted by atomic mass is 10.1. The molecule has 1 saturated heterocycles. The van der Waals surface area contributed by atoms with Gasteiger partial charge in [-0.2, -0.15) is 0 Å². The topological polar surface area (TPSA) is 74.8 Å². The van der Waals surface area contributed by atoms with Crippen molar-refractivity contribution in [3.05, 3.63) is 45.9 Å². The van der Waals surface area contributed by atoms with E-state index in [4.69, 9.17) is 4.74 Å². The maximum absolute atomic E-state index is 12.3. The Labute approximate surface area is 162 Å². The van der Waals surface area contributed by atoms with E-state index < -0.39 is 0 Å². The molecule has 3 rings (SSSR count). The quantitative estimate of drug-likeness (QED) is 0.854. The molecule has 0 radical (unpaired) electrons. The predicted octanol–water partition coefficient (Wildman–Crippen LogP) is 2.52. The second kappa shape index (κ2) is 8.96. The Hall–Kier alpha value is -2.45. The number of carbonyl (C=O) groups is 2. The molecule has 27 heavy (non-hydrogen) atoms. The number of aryl methyl sites for hydroxylation is 1. The Kier molecular flexibility index (Phi) is 6.41. The van der Waals surface area contributed by atoms with Crippen molar-refractivity contribution in [1.82, 2.24) is 14.8 Å². The summed E-state index contributed by atoms with van der Waals surface area (Å²) in [6.45, 7) is 4.97. The zero-order valence-corrected chi connectivity index (χ0v) is 16.4. The highest BCUT2D eigenvalue weighted by atomic mass is 32.1. The van der Waals surface area contributed by atoms with Gasteiger partial charge in [-0.25, -0.2) is 9.78 Å². The molecule has 3 amide bonds. The van der Waals surface area contributed by atoms with E-state index >= 15 is 0 Å². The summed E-state index contributed by atoms with van der Waals surface area (Å²) in [5.41, 5.74) is 1.63. The van der Waals surface area contributed by atoms with Crippen molar-refractivity contribution < 1.29 is 14.3 Å². The highest BCUT2D eigenvalue weighted by Crippen LogP contribution is 2.15. The molecule has 1 aliphatic heterocycles. The lowest BCUT2D eigenvalue weighted by molar-refractivity contribution is -0.134. The number of morpholine rings is 1. The number of benzene rings is 1. The second-order valence-corrected chi connectivity index (χ2v) is 7.82. The molecule has 2 heterocycles. The number of amides is 3. The van der Waals surface area contributed by atoms with Gasteiger partial charge in [-0.3, -0.25) is 4.79 Å². The van der Waals surface area contributed by atoms with Crippen molar-refractivity contribution in [1.29, 1.82) is 0 Å². The Morgan fingerprint density at radius 1 is 1.26 bits per heavy atom. The number of thiazole rings is 1. The summed E-state index contributed by atoms with van der Waals surface area (Å²) in [5, 5.41) is 3.86. The average molecular weight is 388 g/mol. The van der Waals surface area contributed by atoms with Gasteiger partial charge in [0, 0.05) is 36.9 Å². The Morgan fingerprint density at radius 2 is 1.96 bits per heavy atom. The minimum absolute atomic E-state index is 0.106. The van der Waals surface area contributed by atoms with Gasteiger partial charge in [0.25, 0.3) is 0 Å². The van der Waals surface area contributed by atoms with Crippen LogP contribution in [0.3, 0.4) is 0 Å². The predicted molar refractivity (Wildman–Crippen MR) is 105 cm³/mol. The first kappa shape index (κ1) is 19.3. The highest BCUT2D eigenvalue weighted by Gasteiger charge is 2.17. The van der Waals surface area contributed by atoms with E-state index in [9.17, 15) is 9.59 Å². The molecule has 0 unspecified atom stereocenters. The van der Waals surface area contributed by atoms with Crippen molar-refractivity contribution >= 4 is 29.0 Å². The van der Waals surface area contributed by atoms with E-state index in [1.165, 1.54) is 0 Å². The Bertz CT molecular complexity index is 785. The van der Waals surface area contributed by atoms with E-state index in [0.717, 1.165) is 15.4 Å². The van der Waals surface area contributed by atoms with Crippen LogP contribution >= 0.6 is 11.3 Å². The minimum Gasteiger partial charge on any atom is -0.378 e. The van der Waals surface area contributed by atoms with E-state index in [-0.39, 0.29) is 11.9 Å². The smallest absolute Gasteiger partial charge is 0.321 e. The van der Waals surface area contributed by atoms with Crippen LogP contribution in [0.4, 0.5) is 10.5 Å².